The highest BCUT2D eigenvalue weighted by atomic mass is 35.5. The van der Waals surface area contributed by atoms with Crippen LogP contribution in [0.15, 0.2) is 76.7 Å². The molecule has 0 saturated heterocycles. The number of ether oxygens (including phenoxy) is 1. The van der Waals surface area contributed by atoms with Gasteiger partial charge in [0.15, 0.2) is 5.16 Å². The zero-order chi connectivity index (χ0) is 22.7. The monoisotopic (exact) mass is 469 g/mol. The van der Waals surface area contributed by atoms with Crippen LogP contribution in [-0.4, -0.2) is 28.3 Å². The summed E-state index contributed by atoms with van der Waals surface area (Å²) in [6.07, 6.45) is 0. The van der Waals surface area contributed by atoms with Gasteiger partial charge in [0.2, 0.25) is 5.91 Å². The van der Waals surface area contributed by atoms with Crippen molar-refractivity contribution >= 4 is 45.9 Å². The largest absolute Gasteiger partial charge is 0.495 e. The van der Waals surface area contributed by atoms with E-state index in [4.69, 9.17) is 16.3 Å². The maximum absolute atomic E-state index is 13.3. The lowest BCUT2D eigenvalue weighted by Gasteiger charge is -2.15. The Morgan fingerprint density at radius 1 is 1.16 bits per heavy atom. The van der Waals surface area contributed by atoms with Crippen molar-refractivity contribution < 1.29 is 13.9 Å². The highest BCUT2D eigenvalue weighted by Gasteiger charge is 2.17. The maximum Gasteiger partial charge on any atom is 0.266 e. The summed E-state index contributed by atoms with van der Waals surface area (Å²) in [6.45, 7) is 0. The summed E-state index contributed by atoms with van der Waals surface area (Å²) < 4.78 is 20.2. The second-order valence-corrected chi connectivity index (χ2v) is 8.04. The van der Waals surface area contributed by atoms with Crippen LogP contribution >= 0.6 is 23.4 Å². The minimum absolute atomic E-state index is 0.0328. The molecule has 1 amide bonds. The van der Waals surface area contributed by atoms with Crippen molar-refractivity contribution in [1.82, 2.24) is 9.55 Å². The number of nitrogens with one attached hydrogen (secondary N) is 1. The topological polar surface area (TPSA) is 73.2 Å². The number of thioether (sulfide) groups is 1. The van der Waals surface area contributed by atoms with Gasteiger partial charge in [-0.25, -0.2) is 9.37 Å². The van der Waals surface area contributed by atoms with E-state index in [1.165, 1.54) is 29.9 Å². The molecule has 9 heteroatoms. The molecular formula is C23H17ClFN3O3S. The molecule has 0 saturated carbocycles. The van der Waals surface area contributed by atoms with Gasteiger partial charge in [0.1, 0.15) is 11.6 Å². The number of hydrogen-bond donors (Lipinski definition) is 1. The molecule has 0 aliphatic carbocycles. The third-order valence-electron chi connectivity index (χ3n) is 4.61. The number of carbonyl (C=O) groups is 1. The first-order chi connectivity index (χ1) is 15.5. The number of carbonyl (C=O) groups excluding carboxylic acids is 1. The molecule has 6 nitrogen and oxygen atoms in total. The van der Waals surface area contributed by atoms with Crippen LogP contribution in [0.25, 0.3) is 16.6 Å². The van der Waals surface area contributed by atoms with Crippen molar-refractivity contribution in [3.8, 4) is 11.4 Å². The minimum atomic E-state index is -0.569. The van der Waals surface area contributed by atoms with E-state index in [0.29, 0.717) is 33.2 Å². The van der Waals surface area contributed by atoms with Crippen LogP contribution in [-0.2, 0) is 4.79 Å². The Kier molecular flexibility index (Phi) is 6.43. The first-order valence-corrected chi connectivity index (χ1v) is 10.9. The fourth-order valence-corrected chi connectivity index (χ4v) is 4.12. The average molecular weight is 470 g/mol. The lowest BCUT2D eigenvalue weighted by atomic mass is 10.2. The molecule has 1 aromatic heterocycles. The summed E-state index contributed by atoms with van der Waals surface area (Å²) >= 11 is 6.87. The van der Waals surface area contributed by atoms with Gasteiger partial charge >= 0.3 is 0 Å². The first kappa shape index (κ1) is 21.9. The van der Waals surface area contributed by atoms with E-state index in [2.05, 4.69) is 10.3 Å². The van der Waals surface area contributed by atoms with Crippen LogP contribution in [0.2, 0.25) is 5.02 Å². The zero-order valence-corrected chi connectivity index (χ0v) is 18.4. The number of fused-ring (bicyclic) bond motifs is 1. The fourth-order valence-electron chi connectivity index (χ4n) is 3.14. The minimum Gasteiger partial charge on any atom is -0.495 e. The number of aromatic nitrogens is 2. The second kappa shape index (κ2) is 9.42. The SMILES string of the molecule is COc1ccccc1-n1c(SCC(=O)Nc2ccc(F)c(Cl)c2)nc2ccccc2c1=O. The number of hydrogen-bond acceptors (Lipinski definition) is 5. The Hall–Kier alpha value is -3.36. The molecule has 4 aromatic rings. The molecule has 0 atom stereocenters. The first-order valence-electron chi connectivity index (χ1n) is 9.51. The van der Waals surface area contributed by atoms with Crippen LogP contribution in [0, 0.1) is 5.82 Å². The summed E-state index contributed by atoms with van der Waals surface area (Å²) in [5.41, 5.74) is 1.15. The molecule has 0 spiro atoms. The Balaban J connectivity index is 1.69. The van der Waals surface area contributed by atoms with Gasteiger partial charge in [-0.2, -0.15) is 0 Å². The van der Waals surface area contributed by atoms with Crippen LogP contribution in [0.1, 0.15) is 0 Å². The Morgan fingerprint density at radius 2 is 1.91 bits per heavy atom. The molecule has 0 radical (unpaired) electrons. The number of anilines is 1. The number of methoxy groups -OCH3 is 1. The number of rotatable bonds is 6. The van der Waals surface area contributed by atoms with Gasteiger partial charge < -0.3 is 10.1 Å². The summed E-state index contributed by atoms with van der Waals surface area (Å²) in [4.78, 5) is 30.4. The van der Waals surface area contributed by atoms with Crippen LogP contribution in [0.4, 0.5) is 10.1 Å². The van der Waals surface area contributed by atoms with Crippen LogP contribution < -0.4 is 15.6 Å². The summed E-state index contributed by atoms with van der Waals surface area (Å²) in [5.74, 6) is -0.458. The van der Waals surface area contributed by atoms with E-state index < -0.39 is 5.82 Å². The molecule has 0 unspecified atom stereocenters. The van der Waals surface area contributed by atoms with Crippen molar-refractivity contribution in [2.75, 3.05) is 18.2 Å². The quantitative estimate of drug-likeness (QED) is 0.320. The standard InChI is InChI=1S/C23H17ClFN3O3S/c1-31-20-9-5-4-8-19(20)28-22(30)15-6-2-3-7-18(15)27-23(28)32-13-21(29)26-14-10-11-17(25)16(24)12-14/h2-12H,13H2,1H3,(H,26,29). The molecule has 0 aliphatic heterocycles. The molecule has 0 bridgehead atoms. The van der Waals surface area contributed by atoms with Crippen LogP contribution in [0.3, 0.4) is 0 Å². The van der Waals surface area contributed by atoms with E-state index in [1.807, 2.05) is 0 Å². The van der Waals surface area contributed by atoms with E-state index in [-0.39, 0.29) is 22.2 Å². The molecule has 0 aliphatic rings. The van der Waals surface area contributed by atoms with Gasteiger partial charge in [-0.1, -0.05) is 47.6 Å². The van der Waals surface area contributed by atoms with E-state index in [1.54, 1.807) is 48.5 Å². The Morgan fingerprint density at radius 3 is 2.69 bits per heavy atom. The van der Waals surface area contributed by atoms with Gasteiger partial charge in [-0.05, 0) is 42.5 Å². The van der Waals surface area contributed by atoms with Crippen molar-refractivity contribution in [2.45, 2.75) is 5.16 Å². The number of amides is 1. The lowest BCUT2D eigenvalue weighted by molar-refractivity contribution is -0.113. The number of nitrogens with zero attached hydrogens (tertiary/aromatic N) is 2. The summed E-state index contributed by atoms with van der Waals surface area (Å²) in [7, 11) is 1.52. The van der Waals surface area contributed by atoms with Crippen molar-refractivity contribution in [1.29, 1.82) is 0 Å². The predicted octanol–water partition coefficient (Wildman–Crippen LogP) is 4.92. The van der Waals surface area contributed by atoms with Gasteiger partial charge in [-0.15, -0.1) is 0 Å². The van der Waals surface area contributed by atoms with Crippen molar-refractivity contribution in [2.24, 2.45) is 0 Å². The van der Waals surface area contributed by atoms with E-state index >= 15 is 0 Å². The van der Waals surface area contributed by atoms with Gasteiger partial charge in [0.05, 0.1) is 34.5 Å². The highest BCUT2D eigenvalue weighted by molar-refractivity contribution is 7.99. The fraction of sp³-hybridized carbons (Fsp3) is 0.0870. The number of para-hydroxylation sites is 3. The highest BCUT2D eigenvalue weighted by Crippen LogP contribution is 2.27. The molecule has 162 valence electrons. The predicted molar refractivity (Wildman–Crippen MR) is 125 cm³/mol. The molecule has 0 fully saturated rings. The molecule has 1 N–H and O–H groups in total. The Bertz CT molecular complexity index is 1380. The average Bonchev–Trinajstić information content (AvgIpc) is 2.80. The molecule has 4 rings (SSSR count). The third-order valence-corrected chi connectivity index (χ3v) is 5.83. The summed E-state index contributed by atoms with van der Waals surface area (Å²) in [6, 6.07) is 18.0. The third kappa shape index (κ3) is 4.46. The molecular weight excluding hydrogens is 453 g/mol. The Labute approximate surface area is 192 Å². The molecule has 32 heavy (non-hydrogen) atoms. The van der Waals surface area contributed by atoms with Gasteiger partial charge in [-0.3, -0.25) is 14.2 Å². The van der Waals surface area contributed by atoms with Gasteiger partial charge in [0.25, 0.3) is 5.56 Å². The van der Waals surface area contributed by atoms with Crippen molar-refractivity contribution in [3.05, 3.63) is 87.9 Å². The normalized spacial score (nSPS) is 10.8. The van der Waals surface area contributed by atoms with E-state index in [0.717, 1.165) is 11.8 Å². The summed E-state index contributed by atoms with van der Waals surface area (Å²) in [5, 5.41) is 3.37. The number of halogens is 2. The maximum atomic E-state index is 13.3. The van der Waals surface area contributed by atoms with Crippen LogP contribution in [0.5, 0.6) is 5.75 Å². The zero-order valence-electron chi connectivity index (χ0n) is 16.8. The van der Waals surface area contributed by atoms with Gasteiger partial charge in [0, 0.05) is 5.69 Å². The second-order valence-electron chi connectivity index (χ2n) is 6.69. The smallest absolute Gasteiger partial charge is 0.266 e. The molecule has 3 aromatic carbocycles. The van der Waals surface area contributed by atoms with Crippen molar-refractivity contribution in [3.63, 3.8) is 0 Å². The number of benzene rings is 3. The lowest BCUT2D eigenvalue weighted by Crippen LogP contribution is -2.23. The molecule has 1 heterocycles. The van der Waals surface area contributed by atoms with E-state index in [9.17, 15) is 14.0 Å².